The molecule has 11 rings (SSSR count). The van der Waals surface area contributed by atoms with E-state index in [1.165, 1.54) is 33.0 Å². The number of hydrogen-bond acceptors (Lipinski definition) is 4. The van der Waals surface area contributed by atoms with Gasteiger partial charge in [0.05, 0.1) is 5.69 Å². The van der Waals surface area contributed by atoms with Crippen molar-refractivity contribution in [2.45, 2.75) is 19.3 Å². The standard InChI is InChI=1S/C50H34N2O2/c1-50(2)42-18-10-8-17-38(42)39-24-22-35(27-43(39)50)52(45-19-11-9-16-37(45)34-21-20-31-12-6-7-15-33(31)26-34)36-23-25-40-41-29-48-44(30-47(41)53-46(40)28-36)51-49(54-48)32-13-4-3-5-14-32/h3-30H,1-2H3. The monoisotopic (exact) mass is 694 g/mol. The van der Waals surface area contributed by atoms with E-state index in [9.17, 15) is 0 Å². The number of aromatic nitrogens is 1. The van der Waals surface area contributed by atoms with Gasteiger partial charge >= 0.3 is 0 Å². The van der Waals surface area contributed by atoms with Crippen LogP contribution in [0.1, 0.15) is 25.0 Å². The smallest absolute Gasteiger partial charge is 0.227 e. The quantitative estimate of drug-likeness (QED) is 0.180. The summed E-state index contributed by atoms with van der Waals surface area (Å²) in [5, 5.41) is 4.47. The topological polar surface area (TPSA) is 42.4 Å². The van der Waals surface area contributed by atoms with Crippen molar-refractivity contribution in [3.63, 3.8) is 0 Å². The summed E-state index contributed by atoms with van der Waals surface area (Å²) in [7, 11) is 0. The van der Waals surface area contributed by atoms with Gasteiger partial charge in [-0.25, -0.2) is 4.98 Å². The summed E-state index contributed by atoms with van der Waals surface area (Å²) in [6, 6.07) is 60.4. The average Bonchev–Trinajstić information content (AvgIpc) is 3.86. The Bertz CT molecular complexity index is 3100. The van der Waals surface area contributed by atoms with Gasteiger partial charge in [0.25, 0.3) is 0 Å². The van der Waals surface area contributed by atoms with E-state index < -0.39 is 0 Å². The maximum Gasteiger partial charge on any atom is 0.227 e. The molecule has 0 saturated carbocycles. The highest BCUT2D eigenvalue weighted by molar-refractivity contribution is 6.10. The Labute approximate surface area is 312 Å². The predicted octanol–water partition coefficient (Wildman–Crippen LogP) is 14.0. The summed E-state index contributed by atoms with van der Waals surface area (Å²) >= 11 is 0. The minimum Gasteiger partial charge on any atom is -0.456 e. The van der Waals surface area contributed by atoms with Gasteiger partial charge < -0.3 is 13.7 Å². The molecule has 1 aliphatic carbocycles. The minimum atomic E-state index is -0.139. The third-order valence-corrected chi connectivity index (χ3v) is 11.3. The molecule has 1 aliphatic rings. The van der Waals surface area contributed by atoms with Crippen LogP contribution >= 0.6 is 0 Å². The molecule has 0 spiro atoms. The molecule has 2 heterocycles. The van der Waals surface area contributed by atoms with Gasteiger partial charge in [-0.15, -0.1) is 0 Å². The highest BCUT2D eigenvalue weighted by Crippen LogP contribution is 2.51. The number of oxazole rings is 1. The molecule has 0 atom stereocenters. The normalized spacial score (nSPS) is 13.1. The van der Waals surface area contributed by atoms with Crippen LogP contribution in [0.15, 0.2) is 179 Å². The summed E-state index contributed by atoms with van der Waals surface area (Å²) in [6.45, 7) is 4.67. The first-order valence-electron chi connectivity index (χ1n) is 18.4. The first-order valence-corrected chi connectivity index (χ1v) is 18.4. The number of fused-ring (bicyclic) bond motifs is 8. The van der Waals surface area contributed by atoms with Gasteiger partial charge in [0.1, 0.15) is 16.7 Å². The molecule has 4 nitrogen and oxygen atoms in total. The van der Waals surface area contributed by atoms with E-state index in [1.54, 1.807) is 0 Å². The third-order valence-electron chi connectivity index (χ3n) is 11.3. The van der Waals surface area contributed by atoms with E-state index in [1.807, 2.05) is 36.4 Å². The van der Waals surface area contributed by atoms with E-state index >= 15 is 0 Å². The molecule has 256 valence electrons. The lowest BCUT2D eigenvalue weighted by Crippen LogP contribution is -2.16. The van der Waals surface area contributed by atoms with Gasteiger partial charge in [0.15, 0.2) is 5.58 Å². The molecule has 0 aliphatic heterocycles. The van der Waals surface area contributed by atoms with Crippen molar-refractivity contribution >= 4 is 60.9 Å². The van der Waals surface area contributed by atoms with Crippen molar-refractivity contribution in [2.24, 2.45) is 0 Å². The van der Waals surface area contributed by atoms with Crippen molar-refractivity contribution < 1.29 is 8.83 Å². The predicted molar refractivity (Wildman–Crippen MR) is 222 cm³/mol. The van der Waals surface area contributed by atoms with Crippen molar-refractivity contribution in [1.29, 1.82) is 0 Å². The molecule has 10 aromatic rings. The van der Waals surface area contributed by atoms with Crippen LogP contribution in [0.3, 0.4) is 0 Å². The van der Waals surface area contributed by atoms with Crippen molar-refractivity contribution in [2.75, 3.05) is 4.90 Å². The summed E-state index contributed by atoms with van der Waals surface area (Å²) < 4.78 is 12.9. The molecule has 0 bridgehead atoms. The van der Waals surface area contributed by atoms with Gasteiger partial charge in [0, 0.05) is 50.8 Å². The fourth-order valence-electron chi connectivity index (χ4n) is 8.56. The van der Waals surface area contributed by atoms with Crippen LogP contribution in [-0.4, -0.2) is 4.98 Å². The van der Waals surface area contributed by atoms with Crippen molar-refractivity contribution in [1.82, 2.24) is 4.98 Å². The van der Waals surface area contributed by atoms with Gasteiger partial charge in [0.2, 0.25) is 5.89 Å². The molecule has 0 fully saturated rings. The number of rotatable bonds is 5. The maximum atomic E-state index is 6.64. The molecular weight excluding hydrogens is 661 g/mol. The van der Waals surface area contributed by atoms with Crippen LogP contribution in [0, 0.1) is 0 Å². The Morgan fingerprint density at radius 2 is 1.17 bits per heavy atom. The van der Waals surface area contributed by atoms with Crippen molar-refractivity contribution in [3.8, 4) is 33.7 Å². The zero-order valence-corrected chi connectivity index (χ0v) is 29.9. The number of hydrogen-bond donors (Lipinski definition) is 0. The lowest BCUT2D eigenvalue weighted by Gasteiger charge is -2.29. The first kappa shape index (κ1) is 30.7. The largest absolute Gasteiger partial charge is 0.456 e. The fraction of sp³-hybridized carbons (Fsp3) is 0.0600. The van der Waals surface area contributed by atoms with Crippen LogP contribution < -0.4 is 4.90 Å². The summed E-state index contributed by atoms with van der Waals surface area (Å²) in [6.07, 6.45) is 0. The van der Waals surface area contributed by atoms with Gasteiger partial charge in [-0.05, 0) is 93.2 Å². The summed E-state index contributed by atoms with van der Waals surface area (Å²) in [4.78, 5) is 7.19. The second kappa shape index (κ2) is 11.5. The van der Waals surface area contributed by atoms with Crippen LogP contribution in [0.2, 0.25) is 0 Å². The van der Waals surface area contributed by atoms with Gasteiger partial charge in [-0.1, -0.05) is 117 Å². The average molecular weight is 695 g/mol. The Hall–Kier alpha value is -6.91. The van der Waals surface area contributed by atoms with Crippen LogP contribution in [0.5, 0.6) is 0 Å². The number of anilines is 3. The van der Waals surface area contributed by atoms with E-state index in [0.29, 0.717) is 5.89 Å². The second-order valence-electron chi connectivity index (χ2n) is 14.8. The Kier molecular flexibility index (Phi) is 6.56. The zero-order chi connectivity index (χ0) is 36.0. The highest BCUT2D eigenvalue weighted by atomic mass is 16.4. The van der Waals surface area contributed by atoms with E-state index in [-0.39, 0.29) is 5.41 Å². The number of nitrogens with zero attached hydrogens (tertiary/aromatic N) is 2. The number of benzene rings is 8. The SMILES string of the molecule is CC1(C)c2ccccc2-c2ccc(N(c3ccc4c(c3)oc3cc5nc(-c6ccccc6)oc5cc34)c3ccccc3-c3ccc4ccccc4c3)cc21. The minimum absolute atomic E-state index is 0.139. The Balaban J connectivity index is 1.10. The zero-order valence-electron chi connectivity index (χ0n) is 29.9. The molecular formula is C50H34N2O2. The van der Waals surface area contributed by atoms with E-state index in [0.717, 1.165) is 66.8 Å². The molecule has 0 unspecified atom stereocenters. The summed E-state index contributed by atoms with van der Waals surface area (Å²) in [5.74, 6) is 0.603. The van der Waals surface area contributed by atoms with E-state index in [4.69, 9.17) is 13.8 Å². The lowest BCUT2D eigenvalue weighted by atomic mass is 9.82. The lowest BCUT2D eigenvalue weighted by molar-refractivity contribution is 0.620. The summed E-state index contributed by atoms with van der Waals surface area (Å²) in [5.41, 5.74) is 14.7. The Morgan fingerprint density at radius 1 is 0.463 bits per heavy atom. The fourth-order valence-corrected chi connectivity index (χ4v) is 8.56. The molecule has 0 saturated heterocycles. The second-order valence-corrected chi connectivity index (χ2v) is 14.8. The highest BCUT2D eigenvalue weighted by Gasteiger charge is 2.36. The molecule has 0 N–H and O–H groups in total. The number of para-hydroxylation sites is 1. The van der Waals surface area contributed by atoms with Crippen LogP contribution in [0.4, 0.5) is 17.1 Å². The molecule has 8 aromatic carbocycles. The number of furan rings is 1. The van der Waals surface area contributed by atoms with Crippen LogP contribution in [0.25, 0.3) is 77.5 Å². The van der Waals surface area contributed by atoms with Crippen LogP contribution in [-0.2, 0) is 5.41 Å². The Morgan fingerprint density at radius 3 is 2.06 bits per heavy atom. The van der Waals surface area contributed by atoms with Crippen molar-refractivity contribution in [3.05, 3.63) is 181 Å². The van der Waals surface area contributed by atoms with Gasteiger partial charge in [-0.2, -0.15) is 0 Å². The molecule has 54 heavy (non-hydrogen) atoms. The van der Waals surface area contributed by atoms with Gasteiger partial charge in [-0.3, -0.25) is 0 Å². The maximum absolute atomic E-state index is 6.64. The first-order chi connectivity index (χ1) is 26.5. The van der Waals surface area contributed by atoms with E-state index in [2.05, 4.69) is 152 Å². The molecule has 0 radical (unpaired) electrons. The third kappa shape index (κ3) is 4.66. The molecule has 0 amide bonds. The molecule has 4 heteroatoms. The molecule has 2 aromatic heterocycles.